The number of thiophene rings is 1. The first kappa shape index (κ1) is 12.7. The van der Waals surface area contributed by atoms with Gasteiger partial charge in [0.25, 0.3) is 0 Å². The van der Waals surface area contributed by atoms with Crippen LogP contribution in [0.4, 0.5) is 0 Å². The van der Waals surface area contributed by atoms with Gasteiger partial charge in [-0.25, -0.2) is 0 Å². The summed E-state index contributed by atoms with van der Waals surface area (Å²) in [4.78, 5) is 12.6. The van der Waals surface area contributed by atoms with E-state index in [9.17, 15) is 4.79 Å². The third-order valence-corrected chi connectivity index (χ3v) is 3.81. The molecule has 1 aromatic rings. The van der Waals surface area contributed by atoms with Crippen molar-refractivity contribution in [2.75, 3.05) is 0 Å². The zero-order valence-corrected chi connectivity index (χ0v) is 11.0. The second kappa shape index (κ2) is 5.76. The van der Waals surface area contributed by atoms with Crippen molar-refractivity contribution in [3.05, 3.63) is 22.4 Å². The highest BCUT2D eigenvalue weighted by molar-refractivity contribution is 7.10. The fraction of sp³-hybridized carbons (Fsp3) is 0.615. The molecule has 0 amide bonds. The molecule has 0 unspecified atom stereocenters. The number of Topliss-reactive ketones (excluding diaryl/α,β-unsaturated/α-hetero) is 1. The Balaban J connectivity index is 2.01. The highest BCUT2D eigenvalue weighted by Crippen LogP contribution is 2.29. The van der Waals surface area contributed by atoms with E-state index in [1.165, 1.54) is 0 Å². The Morgan fingerprint density at radius 2 is 2.41 bits per heavy atom. The summed E-state index contributed by atoms with van der Waals surface area (Å²) in [5.41, 5.74) is 0. The van der Waals surface area contributed by atoms with Gasteiger partial charge in [-0.05, 0) is 44.6 Å². The van der Waals surface area contributed by atoms with Gasteiger partial charge in [0.05, 0.1) is 6.10 Å². The standard InChI is InChI=1S/C13H18O3S/c1-9-5-3-7-12(15-9)16-13(10(2)14)11-6-4-8-17-11/h4,6,8-9,12-13H,3,5,7H2,1-2H3/t9-,12+,13-/m0/s1. The van der Waals surface area contributed by atoms with Crippen LogP contribution in [-0.4, -0.2) is 18.2 Å². The molecule has 3 nitrogen and oxygen atoms in total. The second-order valence-electron chi connectivity index (χ2n) is 4.45. The molecule has 0 spiro atoms. The molecule has 0 N–H and O–H groups in total. The molecule has 1 aliphatic heterocycles. The Bertz CT molecular complexity index is 361. The molecule has 0 aromatic carbocycles. The first-order valence-corrected chi connectivity index (χ1v) is 6.89. The molecular weight excluding hydrogens is 236 g/mol. The van der Waals surface area contributed by atoms with Crippen LogP contribution >= 0.6 is 11.3 Å². The molecule has 0 aliphatic carbocycles. The molecule has 3 atom stereocenters. The minimum Gasteiger partial charge on any atom is -0.350 e. The highest BCUT2D eigenvalue weighted by Gasteiger charge is 2.27. The Morgan fingerprint density at radius 1 is 1.59 bits per heavy atom. The molecule has 2 rings (SSSR count). The molecule has 1 aromatic heterocycles. The fourth-order valence-electron chi connectivity index (χ4n) is 2.02. The van der Waals surface area contributed by atoms with Gasteiger partial charge >= 0.3 is 0 Å². The Morgan fingerprint density at radius 3 is 3.00 bits per heavy atom. The summed E-state index contributed by atoms with van der Waals surface area (Å²) in [7, 11) is 0. The number of ketones is 1. The van der Waals surface area contributed by atoms with E-state index in [1.807, 2.05) is 24.4 Å². The average molecular weight is 254 g/mol. The van der Waals surface area contributed by atoms with Crippen LogP contribution in [0.2, 0.25) is 0 Å². The van der Waals surface area contributed by atoms with E-state index in [0.29, 0.717) is 0 Å². The molecule has 1 aliphatic rings. The SMILES string of the molecule is CC(=O)[C@H](O[C@@H]1CCC[C@H](C)O1)c1cccs1. The topological polar surface area (TPSA) is 35.5 Å². The van der Waals surface area contributed by atoms with E-state index in [2.05, 4.69) is 0 Å². The highest BCUT2D eigenvalue weighted by atomic mass is 32.1. The predicted octanol–water partition coefficient (Wildman–Crippen LogP) is 3.31. The van der Waals surface area contributed by atoms with Crippen molar-refractivity contribution in [3.8, 4) is 0 Å². The van der Waals surface area contributed by atoms with Crippen LogP contribution in [0.3, 0.4) is 0 Å². The van der Waals surface area contributed by atoms with E-state index in [1.54, 1.807) is 18.3 Å². The van der Waals surface area contributed by atoms with Gasteiger partial charge in [-0.15, -0.1) is 11.3 Å². The van der Waals surface area contributed by atoms with E-state index < -0.39 is 6.10 Å². The van der Waals surface area contributed by atoms with Crippen molar-refractivity contribution in [3.63, 3.8) is 0 Å². The third-order valence-electron chi connectivity index (χ3n) is 2.89. The van der Waals surface area contributed by atoms with Gasteiger partial charge in [0.1, 0.15) is 0 Å². The maximum absolute atomic E-state index is 11.6. The predicted molar refractivity (Wildman–Crippen MR) is 67.0 cm³/mol. The van der Waals surface area contributed by atoms with Crippen molar-refractivity contribution in [2.45, 2.75) is 51.6 Å². The van der Waals surface area contributed by atoms with Crippen LogP contribution in [0.15, 0.2) is 17.5 Å². The van der Waals surface area contributed by atoms with Crippen molar-refractivity contribution in [1.82, 2.24) is 0 Å². The monoisotopic (exact) mass is 254 g/mol. The van der Waals surface area contributed by atoms with Gasteiger partial charge < -0.3 is 9.47 Å². The maximum Gasteiger partial charge on any atom is 0.164 e. The van der Waals surface area contributed by atoms with Crippen molar-refractivity contribution < 1.29 is 14.3 Å². The summed E-state index contributed by atoms with van der Waals surface area (Å²) in [5.74, 6) is 0.0364. The number of ether oxygens (including phenoxy) is 2. The van der Waals surface area contributed by atoms with E-state index in [4.69, 9.17) is 9.47 Å². The summed E-state index contributed by atoms with van der Waals surface area (Å²) in [6.07, 6.45) is 2.56. The molecular formula is C13H18O3S. The number of hydrogen-bond acceptors (Lipinski definition) is 4. The van der Waals surface area contributed by atoms with Crippen molar-refractivity contribution in [2.24, 2.45) is 0 Å². The first-order valence-electron chi connectivity index (χ1n) is 6.01. The molecule has 17 heavy (non-hydrogen) atoms. The number of carbonyl (C=O) groups is 1. The van der Waals surface area contributed by atoms with Gasteiger partial charge in [0, 0.05) is 4.88 Å². The number of rotatable bonds is 4. The molecule has 0 saturated carbocycles. The van der Waals surface area contributed by atoms with Gasteiger partial charge in [-0.2, -0.15) is 0 Å². The third kappa shape index (κ3) is 3.37. The summed E-state index contributed by atoms with van der Waals surface area (Å²) in [5, 5.41) is 1.96. The van der Waals surface area contributed by atoms with Crippen LogP contribution in [0.5, 0.6) is 0 Å². The first-order chi connectivity index (χ1) is 8.16. The Hall–Kier alpha value is -0.710. The van der Waals surface area contributed by atoms with Crippen LogP contribution in [0.1, 0.15) is 44.1 Å². The van der Waals surface area contributed by atoms with Crippen LogP contribution in [0.25, 0.3) is 0 Å². The van der Waals surface area contributed by atoms with Crippen molar-refractivity contribution >= 4 is 17.1 Å². The Labute approximate surface area is 106 Å². The lowest BCUT2D eigenvalue weighted by molar-refractivity contribution is -0.211. The lowest BCUT2D eigenvalue weighted by Crippen LogP contribution is -2.30. The largest absolute Gasteiger partial charge is 0.350 e. The van der Waals surface area contributed by atoms with Crippen LogP contribution in [0, 0.1) is 0 Å². The smallest absolute Gasteiger partial charge is 0.164 e. The summed E-state index contributed by atoms with van der Waals surface area (Å²) < 4.78 is 11.5. The zero-order valence-electron chi connectivity index (χ0n) is 10.2. The number of hydrogen-bond donors (Lipinski definition) is 0. The minimum absolute atomic E-state index is 0.0364. The van der Waals surface area contributed by atoms with Gasteiger partial charge in [-0.3, -0.25) is 4.79 Å². The summed E-state index contributed by atoms with van der Waals surface area (Å²) in [6.45, 7) is 3.61. The van der Waals surface area contributed by atoms with Gasteiger partial charge in [0.2, 0.25) is 0 Å². The second-order valence-corrected chi connectivity index (χ2v) is 5.43. The maximum atomic E-state index is 11.6. The molecule has 0 radical (unpaired) electrons. The van der Waals surface area contributed by atoms with E-state index in [0.717, 1.165) is 24.1 Å². The average Bonchev–Trinajstić information content (AvgIpc) is 2.78. The lowest BCUT2D eigenvalue weighted by Gasteiger charge is -2.30. The van der Waals surface area contributed by atoms with Gasteiger partial charge in [-0.1, -0.05) is 6.07 Å². The molecule has 2 heterocycles. The summed E-state index contributed by atoms with van der Waals surface area (Å²) >= 11 is 1.55. The zero-order chi connectivity index (χ0) is 12.3. The Kier molecular flexibility index (Phi) is 4.31. The molecule has 1 fully saturated rings. The van der Waals surface area contributed by atoms with Crippen molar-refractivity contribution in [1.29, 1.82) is 0 Å². The van der Waals surface area contributed by atoms with Crippen LogP contribution in [-0.2, 0) is 14.3 Å². The quantitative estimate of drug-likeness (QED) is 0.827. The molecule has 4 heteroatoms. The molecule has 94 valence electrons. The molecule has 1 saturated heterocycles. The van der Waals surface area contributed by atoms with Crippen LogP contribution < -0.4 is 0 Å². The van der Waals surface area contributed by atoms with E-state index in [-0.39, 0.29) is 18.2 Å². The molecule has 0 bridgehead atoms. The fourth-order valence-corrected chi connectivity index (χ4v) is 2.84. The van der Waals surface area contributed by atoms with E-state index >= 15 is 0 Å². The van der Waals surface area contributed by atoms with Gasteiger partial charge in [0.15, 0.2) is 18.2 Å². The number of carbonyl (C=O) groups excluding carboxylic acids is 1. The normalized spacial score (nSPS) is 26.7. The minimum atomic E-state index is -0.467. The summed E-state index contributed by atoms with van der Waals surface area (Å²) in [6, 6.07) is 3.87. The lowest BCUT2D eigenvalue weighted by atomic mass is 10.1.